The summed E-state index contributed by atoms with van der Waals surface area (Å²) in [6.45, 7) is 5.67. The highest BCUT2D eigenvalue weighted by atomic mass is 16.7. The zero-order valence-corrected chi connectivity index (χ0v) is 18.7. The number of Topliss-reactive ketones (excluding diaryl/α,β-unsaturated/α-hetero) is 1. The Balaban J connectivity index is 1.55. The zero-order valence-electron chi connectivity index (χ0n) is 18.7. The highest BCUT2D eigenvalue weighted by Crippen LogP contribution is 2.69. The second-order valence-corrected chi connectivity index (χ2v) is 10.7. The lowest BCUT2D eigenvalue weighted by atomic mass is 9.46. The number of carbonyl (C=O) groups is 2. The van der Waals surface area contributed by atoms with E-state index in [9.17, 15) is 19.8 Å². The third kappa shape index (κ3) is 2.65. The van der Waals surface area contributed by atoms with Crippen molar-refractivity contribution in [1.82, 2.24) is 0 Å². The van der Waals surface area contributed by atoms with Gasteiger partial charge in [-0.3, -0.25) is 9.59 Å². The Morgan fingerprint density at radius 3 is 2.81 bits per heavy atom. The third-order valence-electron chi connectivity index (χ3n) is 9.37. The first-order valence-corrected chi connectivity index (χ1v) is 11.8. The fraction of sp³-hybridized carbons (Fsp3) is 0.760. The van der Waals surface area contributed by atoms with E-state index < -0.39 is 36.1 Å². The van der Waals surface area contributed by atoms with Crippen molar-refractivity contribution >= 4 is 11.6 Å². The second kappa shape index (κ2) is 7.08. The predicted octanol–water partition coefficient (Wildman–Crippen LogP) is 2.72. The molecular weight excluding hydrogens is 396 g/mol. The van der Waals surface area contributed by atoms with Crippen LogP contribution in [0, 0.1) is 28.6 Å². The van der Waals surface area contributed by atoms with Gasteiger partial charge in [0.2, 0.25) is 0 Å². The number of allylic oxidation sites excluding steroid dienone is 4. The standard InChI is InChI=1S/C25H34O6/c1-4-5-21-30-20-11-17-16-7-6-14-10-15(27)8-9-23(14,2)22(16)18(28)12-24(17,3)25(20,31-21)19(29)13-26/h8-10,16-18,20-22,26,28H,4-7,11-13H2,1-3H3/t16?,17?,18-,20-,21?,22?,23?,24?,25+/m0/s1. The molecule has 6 nitrogen and oxygen atoms in total. The molecule has 1 heterocycles. The fourth-order valence-corrected chi connectivity index (χ4v) is 8.12. The molecule has 5 aliphatic rings. The van der Waals surface area contributed by atoms with Crippen LogP contribution in [0.15, 0.2) is 23.8 Å². The summed E-state index contributed by atoms with van der Waals surface area (Å²) in [5.74, 6) is 0.0274. The number of hydrogen-bond acceptors (Lipinski definition) is 6. The minimum absolute atomic E-state index is 0.0125. The molecule has 0 spiro atoms. The van der Waals surface area contributed by atoms with Gasteiger partial charge in [-0.1, -0.05) is 38.8 Å². The van der Waals surface area contributed by atoms with Crippen LogP contribution in [0.5, 0.6) is 0 Å². The highest BCUT2D eigenvalue weighted by Gasteiger charge is 2.75. The van der Waals surface area contributed by atoms with Gasteiger partial charge in [-0.05, 0) is 56.1 Å². The lowest BCUT2D eigenvalue weighted by Crippen LogP contribution is -2.63. The van der Waals surface area contributed by atoms with Gasteiger partial charge in [-0.25, -0.2) is 0 Å². The Morgan fingerprint density at radius 1 is 1.32 bits per heavy atom. The van der Waals surface area contributed by atoms with Crippen molar-refractivity contribution in [3.8, 4) is 0 Å². The Labute approximate surface area is 183 Å². The quantitative estimate of drug-likeness (QED) is 0.712. The Kier molecular flexibility index (Phi) is 4.91. The smallest absolute Gasteiger partial charge is 0.193 e. The van der Waals surface area contributed by atoms with Gasteiger partial charge in [0.15, 0.2) is 23.5 Å². The first-order chi connectivity index (χ1) is 14.7. The number of carbonyl (C=O) groups excluding carboxylic acids is 2. The van der Waals surface area contributed by atoms with Crippen LogP contribution in [0.4, 0.5) is 0 Å². The van der Waals surface area contributed by atoms with Crippen molar-refractivity contribution < 1.29 is 29.3 Å². The Morgan fingerprint density at radius 2 is 2.10 bits per heavy atom. The minimum Gasteiger partial charge on any atom is -0.393 e. The van der Waals surface area contributed by atoms with Crippen molar-refractivity contribution in [2.75, 3.05) is 6.61 Å². The van der Waals surface area contributed by atoms with Gasteiger partial charge in [-0.15, -0.1) is 0 Å². The van der Waals surface area contributed by atoms with E-state index >= 15 is 0 Å². The molecule has 0 amide bonds. The van der Waals surface area contributed by atoms with E-state index in [0.717, 1.165) is 24.8 Å². The highest BCUT2D eigenvalue weighted by molar-refractivity contribution is 6.01. The van der Waals surface area contributed by atoms with E-state index in [-0.39, 0.29) is 34.7 Å². The van der Waals surface area contributed by atoms with Crippen LogP contribution in [0.3, 0.4) is 0 Å². The molecule has 0 radical (unpaired) electrons. The van der Waals surface area contributed by atoms with Crippen molar-refractivity contribution in [3.05, 3.63) is 23.8 Å². The molecule has 4 aliphatic carbocycles. The van der Waals surface area contributed by atoms with Crippen molar-refractivity contribution in [2.24, 2.45) is 28.6 Å². The van der Waals surface area contributed by atoms with Crippen molar-refractivity contribution in [1.29, 1.82) is 0 Å². The molecule has 6 heteroatoms. The van der Waals surface area contributed by atoms with Crippen LogP contribution < -0.4 is 0 Å². The predicted molar refractivity (Wildman–Crippen MR) is 113 cm³/mol. The lowest BCUT2D eigenvalue weighted by molar-refractivity contribution is -0.200. The summed E-state index contributed by atoms with van der Waals surface area (Å²) in [7, 11) is 0. The lowest BCUT2D eigenvalue weighted by Gasteiger charge is -2.59. The summed E-state index contributed by atoms with van der Waals surface area (Å²) < 4.78 is 12.7. The third-order valence-corrected chi connectivity index (χ3v) is 9.37. The molecule has 9 atom stereocenters. The van der Waals surface area contributed by atoms with Crippen molar-refractivity contribution in [3.63, 3.8) is 0 Å². The molecule has 1 aliphatic heterocycles. The van der Waals surface area contributed by atoms with E-state index in [0.29, 0.717) is 19.3 Å². The van der Waals surface area contributed by atoms with Crippen LogP contribution in [-0.2, 0) is 19.1 Å². The number of ether oxygens (including phenoxy) is 2. The average Bonchev–Trinajstić information content (AvgIpc) is 3.20. The maximum Gasteiger partial charge on any atom is 0.193 e. The molecule has 0 aromatic carbocycles. The maximum atomic E-state index is 13.2. The largest absolute Gasteiger partial charge is 0.393 e. The van der Waals surface area contributed by atoms with E-state index in [4.69, 9.17) is 9.47 Å². The van der Waals surface area contributed by atoms with Crippen LogP contribution in [-0.4, -0.2) is 52.5 Å². The minimum atomic E-state index is -1.20. The SMILES string of the molecule is CCCC1O[C@H]2CC3C4CCC5=CC(=O)C=CC5(C)C4[C@@H](O)CC3(C)[C@]2(C(=O)CO)O1. The number of rotatable bonds is 4. The van der Waals surface area contributed by atoms with E-state index in [2.05, 4.69) is 20.8 Å². The van der Waals surface area contributed by atoms with Crippen LogP contribution >= 0.6 is 0 Å². The summed E-state index contributed by atoms with van der Waals surface area (Å²) >= 11 is 0. The van der Waals surface area contributed by atoms with Gasteiger partial charge in [0.1, 0.15) is 6.61 Å². The first-order valence-electron chi connectivity index (χ1n) is 11.8. The molecular formula is C25H34O6. The summed E-state index contributed by atoms with van der Waals surface area (Å²) in [5.41, 5.74) is -1.05. The van der Waals surface area contributed by atoms with Gasteiger partial charge in [0.05, 0.1) is 12.2 Å². The zero-order chi connectivity index (χ0) is 22.2. The second-order valence-electron chi connectivity index (χ2n) is 10.7. The van der Waals surface area contributed by atoms with E-state index in [1.807, 2.05) is 6.08 Å². The summed E-state index contributed by atoms with van der Waals surface area (Å²) in [6.07, 6.45) is 8.31. The van der Waals surface area contributed by atoms with Crippen LogP contribution in [0.2, 0.25) is 0 Å². The monoisotopic (exact) mass is 430 g/mol. The van der Waals surface area contributed by atoms with Crippen LogP contribution in [0.1, 0.15) is 59.3 Å². The number of aliphatic hydroxyl groups is 2. The number of hydrogen-bond donors (Lipinski definition) is 2. The fourth-order valence-electron chi connectivity index (χ4n) is 8.12. The summed E-state index contributed by atoms with van der Waals surface area (Å²) in [5, 5.41) is 21.4. The molecule has 6 unspecified atom stereocenters. The van der Waals surface area contributed by atoms with Crippen molar-refractivity contribution in [2.45, 2.75) is 83.4 Å². The summed E-state index contributed by atoms with van der Waals surface area (Å²) in [6, 6.07) is 0. The molecule has 170 valence electrons. The molecule has 2 N–H and O–H groups in total. The molecule has 3 saturated carbocycles. The number of fused-ring (bicyclic) bond motifs is 7. The molecule has 0 aromatic rings. The first kappa shape index (κ1) is 21.5. The van der Waals surface area contributed by atoms with Gasteiger partial charge in [0.25, 0.3) is 0 Å². The molecule has 0 bridgehead atoms. The molecule has 5 rings (SSSR count). The van der Waals surface area contributed by atoms with Gasteiger partial charge >= 0.3 is 0 Å². The number of ketones is 2. The Hall–Kier alpha value is -1.34. The average molecular weight is 431 g/mol. The molecule has 1 saturated heterocycles. The maximum absolute atomic E-state index is 13.2. The van der Waals surface area contributed by atoms with Gasteiger partial charge < -0.3 is 19.7 Å². The van der Waals surface area contributed by atoms with Gasteiger partial charge in [-0.2, -0.15) is 0 Å². The molecule has 4 fully saturated rings. The molecule has 0 aromatic heterocycles. The normalized spacial score (nSPS) is 50.4. The molecule has 31 heavy (non-hydrogen) atoms. The van der Waals surface area contributed by atoms with Crippen LogP contribution in [0.25, 0.3) is 0 Å². The van der Waals surface area contributed by atoms with E-state index in [1.165, 1.54) is 0 Å². The topological polar surface area (TPSA) is 93.1 Å². The van der Waals surface area contributed by atoms with Gasteiger partial charge in [0, 0.05) is 16.7 Å². The number of aliphatic hydroxyl groups excluding tert-OH is 2. The Bertz CT molecular complexity index is 862. The van der Waals surface area contributed by atoms with E-state index in [1.54, 1.807) is 12.2 Å². The summed E-state index contributed by atoms with van der Waals surface area (Å²) in [4.78, 5) is 25.2.